The summed E-state index contributed by atoms with van der Waals surface area (Å²) < 4.78 is 0. The average Bonchev–Trinajstić information content (AvgIpc) is 2.37. The molecule has 2 aromatic rings. The highest BCUT2D eigenvalue weighted by atomic mass is 32.1. The highest BCUT2D eigenvalue weighted by Crippen LogP contribution is 2.23. The van der Waals surface area contributed by atoms with Gasteiger partial charge in [-0.15, -0.1) is 0 Å². The van der Waals surface area contributed by atoms with Crippen LogP contribution < -0.4 is 10.6 Å². The molecule has 0 radical (unpaired) electrons. The van der Waals surface area contributed by atoms with Crippen molar-refractivity contribution in [3.63, 3.8) is 0 Å². The Kier molecular flexibility index (Phi) is 3.76. The van der Waals surface area contributed by atoms with Crippen LogP contribution in [-0.2, 0) is 0 Å². The second-order valence-electron chi connectivity index (χ2n) is 4.53. The topological polar surface area (TPSA) is 55.0 Å². The van der Waals surface area contributed by atoms with E-state index in [0.29, 0.717) is 5.69 Å². The summed E-state index contributed by atoms with van der Waals surface area (Å²) in [4.78, 5) is 10.8. The van der Waals surface area contributed by atoms with Gasteiger partial charge >= 0.3 is 0 Å². The highest BCUT2D eigenvalue weighted by molar-refractivity contribution is 7.80. The molecule has 0 atom stereocenters. The number of nitrogens with two attached hydrogens (primary N) is 1. The lowest BCUT2D eigenvalue weighted by Gasteiger charge is -2.19. The minimum absolute atomic E-state index is 0.258. The third-order valence-corrected chi connectivity index (χ3v) is 3.04. The average molecular weight is 272 g/mol. The molecule has 1 heterocycles. The first-order valence-corrected chi connectivity index (χ1v) is 6.32. The van der Waals surface area contributed by atoms with Gasteiger partial charge < -0.3 is 10.6 Å². The first-order valence-electron chi connectivity index (χ1n) is 5.91. The molecule has 0 bridgehead atoms. The Morgan fingerprint density at radius 2 is 1.74 bits per heavy atom. The molecule has 0 aliphatic carbocycles. The Hall–Kier alpha value is -2.01. The van der Waals surface area contributed by atoms with Crippen molar-refractivity contribution in [2.24, 2.45) is 5.73 Å². The van der Waals surface area contributed by atoms with Crippen molar-refractivity contribution in [1.82, 2.24) is 9.97 Å². The SMILES string of the molecule is Cc1cc(C)cc(N(C)c2cnc(C(N)=S)cn2)c1. The number of hydrogen-bond donors (Lipinski definition) is 1. The molecule has 0 spiro atoms. The van der Waals surface area contributed by atoms with E-state index in [1.807, 2.05) is 11.9 Å². The lowest BCUT2D eigenvalue weighted by atomic mass is 10.1. The Labute approximate surface area is 118 Å². The van der Waals surface area contributed by atoms with Crippen molar-refractivity contribution < 1.29 is 0 Å². The second kappa shape index (κ2) is 5.32. The Balaban J connectivity index is 2.32. The third-order valence-electron chi connectivity index (χ3n) is 2.83. The van der Waals surface area contributed by atoms with Gasteiger partial charge in [-0.3, -0.25) is 0 Å². The van der Waals surface area contributed by atoms with Gasteiger partial charge in [0.1, 0.15) is 10.7 Å². The summed E-state index contributed by atoms with van der Waals surface area (Å²) >= 11 is 4.86. The van der Waals surface area contributed by atoms with Crippen molar-refractivity contribution >= 4 is 28.7 Å². The third kappa shape index (κ3) is 3.06. The van der Waals surface area contributed by atoms with Crippen LogP contribution in [0.1, 0.15) is 16.8 Å². The van der Waals surface area contributed by atoms with Crippen LogP contribution in [0.3, 0.4) is 0 Å². The highest BCUT2D eigenvalue weighted by Gasteiger charge is 2.08. The minimum Gasteiger partial charge on any atom is -0.388 e. The lowest BCUT2D eigenvalue weighted by Crippen LogP contribution is -2.15. The molecular weight excluding hydrogens is 256 g/mol. The van der Waals surface area contributed by atoms with Crippen LogP contribution in [0, 0.1) is 13.8 Å². The van der Waals surface area contributed by atoms with Crippen molar-refractivity contribution in [2.75, 3.05) is 11.9 Å². The van der Waals surface area contributed by atoms with Crippen LogP contribution >= 0.6 is 12.2 Å². The van der Waals surface area contributed by atoms with Crippen molar-refractivity contribution in [1.29, 1.82) is 0 Å². The minimum atomic E-state index is 0.258. The van der Waals surface area contributed by atoms with Crippen LogP contribution in [0.2, 0.25) is 0 Å². The Bertz CT molecular complexity index is 587. The molecule has 1 aromatic heterocycles. The van der Waals surface area contributed by atoms with Gasteiger partial charge in [-0.05, 0) is 37.1 Å². The molecule has 19 heavy (non-hydrogen) atoms. The summed E-state index contributed by atoms with van der Waals surface area (Å²) in [6.45, 7) is 4.15. The van der Waals surface area contributed by atoms with E-state index in [4.69, 9.17) is 18.0 Å². The van der Waals surface area contributed by atoms with E-state index >= 15 is 0 Å². The maximum atomic E-state index is 5.51. The summed E-state index contributed by atoms with van der Waals surface area (Å²) in [6, 6.07) is 6.35. The normalized spacial score (nSPS) is 10.3. The summed E-state index contributed by atoms with van der Waals surface area (Å²) in [7, 11) is 1.96. The van der Waals surface area contributed by atoms with Gasteiger partial charge in [0.05, 0.1) is 12.4 Å². The molecule has 1 aromatic carbocycles. The van der Waals surface area contributed by atoms with E-state index in [0.717, 1.165) is 11.5 Å². The molecule has 2 rings (SSSR count). The number of benzene rings is 1. The fraction of sp³-hybridized carbons (Fsp3) is 0.214. The van der Waals surface area contributed by atoms with Crippen molar-refractivity contribution in [3.8, 4) is 0 Å². The molecule has 4 nitrogen and oxygen atoms in total. The standard InChI is InChI=1S/C14H16N4S/c1-9-4-10(2)6-11(5-9)18(3)13-8-16-12(7-17-13)14(15)19/h4-8H,1-3H3,(H2,15,19). The van der Waals surface area contributed by atoms with Crippen molar-refractivity contribution in [2.45, 2.75) is 13.8 Å². The van der Waals surface area contributed by atoms with Gasteiger partial charge in [0.15, 0.2) is 5.82 Å². The molecule has 0 saturated heterocycles. The first-order chi connectivity index (χ1) is 8.97. The van der Waals surface area contributed by atoms with Gasteiger partial charge in [-0.1, -0.05) is 18.3 Å². The Morgan fingerprint density at radius 3 is 2.21 bits per heavy atom. The van der Waals surface area contributed by atoms with Gasteiger partial charge in [-0.25, -0.2) is 9.97 Å². The summed E-state index contributed by atoms with van der Waals surface area (Å²) in [5, 5.41) is 0. The van der Waals surface area contributed by atoms with Crippen LogP contribution in [0.5, 0.6) is 0 Å². The van der Waals surface area contributed by atoms with Gasteiger partial charge in [0.25, 0.3) is 0 Å². The molecule has 98 valence electrons. The fourth-order valence-corrected chi connectivity index (χ4v) is 2.00. The zero-order valence-electron chi connectivity index (χ0n) is 11.2. The van der Waals surface area contributed by atoms with Crippen LogP contribution in [0.15, 0.2) is 30.6 Å². The second-order valence-corrected chi connectivity index (χ2v) is 4.97. The van der Waals surface area contributed by atoms with E-state index in [1.165, 1.54) is 11.1 Å². The molecule has 5 heteroatoms. The number of rotatable bonds is 3. The van der Waals surface area contributed by atoms with Crippen LogP contribution in [-0.4, -0.2) is 22.0 Å². The molecular formula is C14H16N4S. The van der Waals surface area contributed by atoms with E-state index in [1.54, 1.807) is 12.4 Å². The maximum Gasteiger partial charge on any atom is 0.151 e. The smallest absolute Gasteiger partial charge is 0.151 e. The summed E-state index contributed by atoms with van der Waals surface area (Å²) in [5.74, 6) is 0.755. The molecule has 0 saturated carbocycles. The number of anilines is 2. The van der Waals surface area contributed by atoms with Crippen LogP contribution in [0.4, 0.5) is 11.5 Å². The molecule has 0 aliphatic rings. The molecule has 0 fully saturated rings. The predicted octanol–water partition coefficient (Wildman–Crippen LogP) is 2.50. The number of hydrogen-bond acceptors (Lipinski definition) is 4. The number of aromatic nitrogens is 2. The molecule has 2 N–H and O–H groups in total. The van der Waals surface area contributed by atoms with Crippen LogP contribution in [0.25, 0.3) is 0 Å². The number of nitrogens with zero attached hydrogens (tertiary/aromatic N) is 3. The molecule has 0 aliphatic heterocycles. The van der Waals surface area contributed by atoms with E-state index in [2.05, 4.69) is 42.0 Å². The number of thiocarbonyl (C=S) groups is 1. The fourth-order valence-electron chi connectivity index (χ4n) is 1.90. The van der Waals surface area contributed by atoms with Crippen molar-refractivity contribution in [3.05, 3.63) is 47.4 Å². The first kappa shape index (κ1) is 13.4. The van der Waals surface area contributed by atoms with Gasteiger partial charge in [0, 0.05) is 12.7 Å². The van der Waals surface area contributed by atoms with E-state index < -0.39 is 0 Å². The zero-order valence-corrected chi connectivity index (χ0v) is 12.0. The molecule has 0 amide bonds. The van der Waals surface area contributed by atoms with E-state index in [-0.39, 0.29) is 4.99 Å². The quantitative estimate of drug-likeness (QED) is 0.870. The van der Waals surface area contributed by atoms with Gasteiger partial charge in [0.2, 0.25) is 0 Å². The van der Waals surface area contributed by atoms with E-state index in [9.17, 15) is 0 Å². The lowest BCUT2D eigenvalue weighted by molar-refractivity contribution is 1.08. The summed E-state index contributed by atoms with van der Waals surface area (Å²) in [5.41, 5.74) is 9.55. The monoisotopic (exact) mass is 272 g/mol. The number of aryl methyl sites for hydroxylation is 2. The van der Waals surface area contributed by atoms with Gasteiger partial charge in [-0.2, -0.15) is 0 Å². The zero-order chi connectivity index (χ0) is 14.0. The molecule has 0 unspecified atom stereocenters. The maximum absolute atomic E-state index is 5.51. The Morgan fingerprint density at radius 1 is 1.11 bits per heavy atom. The predicted molar refractivity (Wildman–Crippen MR) is 81.9 cm³/mol. The largest absolute Gasteiger partial charge is 0.388 e. The summed E-state index contributed by atoms with van der Waals surface area (Å²) in [6.07, 6.45) is 3.27.